The number of rotatable bonds is 13. The van der Waals surface area contributed by atoms with Crippen molar-refractivity contribution in [3.05, 3.63) is 123 Å². The molecule has 0 radical (unpaired) electrons. The van der Waals surface area contributed by atoms with E-state index in [4.69, 9.17) is 0 Å². The fraction of sp³-hybridized carbons (Fsp3) is 0.429. The van der Waals surface area contributed by atoms with E-state index in [1.807, 2.05) is 0 Å². The van der Waals surface area contributed by atoms with Crippen molar-refractivity contribution in [3.8, 4) is 0 Å². The number of thiol groups is 2. The zero-order valence-corrected chi connectivity index (χ0v) is 34.3. The molecule has 0 N–H and O–H groups in total. The molecule has 268 valence electrons. The Morgan fingerprint density at radius 2 is 1.27 bits per heavy atom. The minimum absolute atomic E-state index is 0.377. The zero-order valence-electron chi connectivity index (χ0n) is 32.5. The molecule has 1 aliphatic rings. The van der Waals surface area contributed by atoms with E-state index >= 15 is 0 Å². The van der Waals surface area contributed by atoms with Crippen molar-refractivity contribution in [2.75, 3.05) is 0 Å². The average molecular weight is 713 g/mol. The maximum absolute atomic E-state index is 4.66. The van der Waals surface area contributed by atoms with Crippen LogP contribution in [-0.2, 0) is 19.3 Å². The van der Waals surface area contributed by atoms with Crippen LogP contribution in [0.4, 0.5) is 0 Å². The van der Waals surface area contributed by atoms with Crippen LogP contribution < -0.4 is 0 Å². The Bertz CT molecular complexity index is 1980. The van der Waals surface area contributed by atoms with Crippen molar-refractivity contribution in [2.45, 2.75) is 123 Å². The summed E-state index contributed by atoms with van der Waals surface area (Å²) in [4.78, 5) is 1.99. The van der Waals surface area contributed by atoms with Gasteiger partial charge in [0.2, 0.25) is 0 Å². The van der Waals surface area contributed by atoms with Gasteiger partial charge in [-0.3, -0.25) is 0 Å². The van der Waals surface area contributed by atoms with Gasteiger partial charge in [0.05, 0.1) is 0 Å². The molecule has 0 nitrogen and oxygen atoms in total. The Hall–Kier alpha value is -2.94. The molecule has 6 rings (SSSR count). The molecule has 0 amide bonds. The van der Waals surface area contributed by atoms with Crippen LogP contribution in [0, 0.1) is 43.9 Å². The van der Waals surface area contributed by atoms with Crippen molar-refractivity contribution in [2.24, 2.45) is 23.2 Å². The molecule has 0 spiro atoms. The van der Waals surface area contributed by atoms with E-state index in [1.165, 1.54) is 88.8 Å². The summed E-state index contributed by atoms with van der Waals surface area (Å²) in [7, 11) is 0. The summed E-state index contributed by atoms with van der Waals surface area (Å²) in [6.45, 7) is 19.5. The maximum Gasteiger partial charge on any atom is 0.00463 e. The highest BCUT2D eigenvalue weighted by atomic mass is 32.1. The topological polar surface area (TPSA) is 0 Å². The van der Waals surface area contributed by atoms with Crippen molar-refractivity contribution in [3.63, 3.8) is 0 Å². The largest absolute Gasteiger partial charge is 0.143 e. The molecule has 0 saturated carbocycles. The fourth-order valence-corrected chi connectivity index (χ4v) is 10.1. The fourth-order valence-electron chi connectivity index (χ4n) is 9.64. The molecule has 0 heterocycles. The van der Waals surface area contributed by atoms with Crippen LogP contribution in [0.15, 0.2) is 88.7 Å². The quantitative estimate of drug-likeness (QED) is 0.112. The molecule has 0 saturated heterocycles. The number of allylic oxidation sites excluding steroid dienone is 1. The average Bonchev–Trinajstić information content (AvgIpc) is 3.43. The first kappa shape index (κ1) is 37.8. The smallest absolute Gasteiger partial charge is 0.00463 e. The molecular formula is C49H60S2. The summed E-state index contributed by atoms with van der Waals surface area (Å²) in [6.07, 6.45) is 13.8. The van der Waals surface area contributed by atoms with Crippen molar-refractivity contribution < 1.29 is 0 Å². The molecule has 0 bridgehead atoms. The van der Waals surface area contributed by atoms with Gasteiger partial charge in [0, 0.05) is 9.79 Å². The minimum atomic E-state index is 0.377. The number of benzene rings is 5. The summed E-state index contributed by atoms with van der Waals surface area (Å²) in [5.74, 6) is 2.47. The Labute approximate surface area is 320 Å². The van der Waals surface area contributed by atoms with Crippen LogP contribution in [-0.4, -0.2) is 0 Å². The molecule has 3 atom stereocenters. The van der Waals surface area contributed by atoms with E-state index in [0.717, 1.165) is 40.4 Å². The summed E-state index contributed by atoms with van der Waals surface area (Å²) in [6, 6.07) is 26.4. The molecule has 0 aliphatic heterocycles. The predicted octanol–water partition coefficient (Wildman–Crippen LogP) is 14.5. The van der Waals surface area contributed by atoms with Crippen molar-refractivity contribution in [1.82, 2.24) is 0 Å². The van der Waals surface area contributed by atoms with E-state index in [0.29, 0.717) is 5.41 Å². The van der Waals surface area contributed by atoms with Crippen LogP contribution in [0.1, 0.15) is 118 Å². The minimum Gasteiger partial charge on any atom is -0.143 e. The van der Waals surface area contributed by atoms with Gasteiger partial charge in [0.25, 0.3) is 0 Å². The van der Waals surface area contributed by atoms with Gasteiger partial charge in [-0.2, -0.15) is 0 Å². The first-order chi connectivity index (χ1) is 24.3. The molecule has 0 aromatic heterocycles. The highest BCUT2D eigenvalue weighted by Gasteiger charge is 2.35. The summed E-state index contributed by atoms with van der Waals surface area (Å²) >= 11 is 9.32. The highest BCUT2D eigenvalue weighted by molar-refractivity contribution is 7.80. The van der Waals surface area contributed by atoms with Crippen LogP contribution in [0.5, 0.6) is 0 Å². The first-order valence-electron chi connectivity index (χ1n) is 19.6. The summed E-state index contributed by atoms with van der Waals surface area (Å²) in [5, 5.41) is 4.98. The van der Waals surface area contributed by atoms with E-state index in [9.17, 15) is 0 Å². The lowest BCUT2D eigenvalue weighted by molar-refractivity contribution is 0.279. The number of hydrogen-bond donors (Lipinski definition) is 2. The Balaban J connectivity index is 1.26. The van der Waals surface area contributed by atoms with Crippen molar-refractivity contribution >= 4 is 52.4 Å². The van der Waals surface area contributed by atoms with Gasteiger partial charge < -0.3 is 0 Å². The van der Waals surface area contributed by atoms with E-state index in [2.05, 4.69) is 160 Å². The Morgan fingerprint density at radius 3 is 1.84 bits per heavy atom. The van der Waals surface area contributed by atoms with Gasteiger partial charge in [-0.05, 0) is 185 Å². The molecule has 51 heavy (non-hydrogen) atoms. The second-order valence-corrected chi connectivity index (χ2v) is 18.1. The van der Waals surface area contributed by atoms with E-state index in [1.54, 1.807) is 27.8 Å². The van der Waals surface area contributed by atoms with Crippen LogP contribution in [0.25, 0.3) is 27.1 Å². The van der Waals surface area contributed by atoms with Crippen LogP contribution >= 0.6 is 25.3 Å². The molecule has 1 aliphatic carbocycles. The second-order valence-electron chi connectivity index (χ2n) is 17.0. The first-order valence-corrected chi connectivity index (χ1v) is 20.5. The molecule has 0 fully saturated rings. The maximum atomic E-state index is 4.66. The lowest BCUT2D eigenvalue weighted by Gasteiger charge is -2.25. The zero-order chi connectivity index (χ0) is 36.4. The van der Waals surface area contributed by atoms with E-state index in [-0.39, 0.29) is 0 Å². The standard InChI is InChI=1S/C49H60S2/c1-31(2)25-33(4)26-32(3)13-12-24-49(8)29-47-35(6)34(5)41(36(7)48(47)30-49)16-11-19-46(44-17-9-14-37-27-39(50)20-22-42(37)44)45-18-10-15-38-28-40(51)21-23-43(38)45/h9-10,14-15,17-23,27-28,31-33,50-51H,11-13,16,24-26,29-30H2,1-8H3. The highest BCUT2D eigenvalue weighted by Crippen LogP contribution is 2.46. The third kappa shape index (κ3) is 8.49. The van der Waals surface area contributed by atoms with Gasteiger partial charge in [0.1, 0.15) is 0 Å². The summed E-state index contributed by atoms with van der Waals surface area (Å²) < 4.78 is 0. The lowest BCUT2D eigenvalue weighted by Crippen LogP contribution is -2.17. The summed E-state index contributed by atoms with van der Waals surface area (Å²) in [5.41, 5.74) is 13.7. The lowest BCUT2D eigenvalue weighted by atomic mass is 9.80. The van der Waals surface area contributed by atoms with Crippen LogP contribution in [0.2, 0.25) is 0 Å². The van der Waals surface area contributed by atoms with Crippen molar-refractivity contribution in [1.29, 1.82) is 0 Å². The van der Waals surface area contributed by atoms with Crippen LogP contribution in [0.3, 0.4) is 0 Å². The van der Waals surface area contributed by atoms with E-state index < -0.39 is 0 Å². The monoisotopic (exact) mass is 712 g/mol. The third-order valence-corrected chi connectivity index (χ3v) is 12.7. The molecule has 5 aromatic carbocycles. The van der Waals surface area contributed by atoms with Gasteiger partial charge in [0.15, 0.2) is 0 Å². The Morgan fingerprint density at radius 1 is 0.706 bits per heavy atom. The molecule has 5 aromatic rings. The second kappa shape index (κ2) is 16.0. The number of hydrogen-bond acceptors (Lipinski definition) is 2. The third-order valence-electron chi connectivity index (χ3n) is 12.2. The predicted molar refractivity (Wildman–Crippen MR) is 230 cm³/mol. The Kier molecular flexibility index (Phi) is 11.8. The van der Waals surface area contributed by atoms with Gasteiger partial charge in [-0.1, -0.05) is 102 Å². The normalized spacial score (nSPS) is 16.9. The van der Waals surface area contributed by atoms with Gasteiger partial charge >= 0.3 is 0 Å². The SMILES string of the molecule is Cc1c(C)c2c(c(C)c1CCC=C(c1cccc3cc(S)ccc13)c1cccc3cc(S)ccc13)CC(C)(CCCC(C)CC(C)CC(C)C)C2. The molecule has 3 unspecified atom stereocenters. The molecular weight excluding hydrogens is 653 g/mol. The van der Waals surface area contributed by atoms with Gasteiger partial charge in [-0.15, -0.1) is 25.3 Å². The number of fused-ring (bicyclic) bond motifs is 3. The molecule has 2 heteroatoms. The van der Waals surface area contributed by atoms with Gasteiger partial charge in [-0.25, -0.2) is 0 Å².